The Bertz CT molecular complexity index is 133. The summed E-state index contributed by atoms with van der Waals surface area (Å²) in [6, 6.07) is 0. The van der Waals surface area contributed by atoms with Crippen LogP contribution < -0.4 is 0 Å². The van der Waals surface area contributed by atoms with E-state index in [-0.39, 0.29) is 31.7 Å². The molecule has 0 radical (unpaired) electrons. The zero-order valence-electron chi connectivity index (χ0n) is 7.23. The molecule has 0 amide bonds. The standard InChI is InChI=1S/C8H16O4/c1-6(10)8(12)3-2-7(11)4-5-9/h6,8-10,12H,2-5H2,1H3. The summed E-state index contributed by atoms with van der Waals surface area (Å²) in [5.41, 5.74) is 0. The van der Waals surface area contributed by atoms with Gasteiger partial charge in [-0.2, -0.15) is 0 Å². The molecule has 0 aliphatic carbocycles. The SMILES string of the molecule is CC(O)C(O)CCC(=O)CCO. The van der Waals surface area contributed by atoms with E-state index < -0.39 is 12.2 Å². The molecule has 0 rings (SSSR count). The normalized spacial score (nSPS) is 15.7. The Morgan fingerprint density at radius 3 is 2.33 bits per heavy atom. The van der Waals surface area contributed by atoms with Gasteiger partial charge < -0.3 is 15.3 Å². The number of rotatable bonds is 6. The van der Waals surface area contributed by atoms with Crippen molar-refractivity contribution in [3.63, 3.8) is 0 Å². The first-order valence-corrected chi connectivity index (χ1v) is 4.06. The van der Waals surface area contributed by atoms with E-state index in [1.54, 1.807) is 0 Å². The predicted molar refractivity (Wildman–Crippen MR) is 43.6 cm³/mol. The van der Waals surface area contributed by atoms with Crippen molar-refractivity contribution in [2.75, 3.05) is 6.61 Å². The highest BCUT2D eigenvalue weighted by Crippen LogP contribution is 2.03. The van der Waals surface area contributed by atoms with Gasteiger partial charge in [0.2, 0.25) is 0 Å². The molecular weight excluding hydrogens is 160 g/mol. The van der Waals surface area contributed by atoms with Crippen LogP contribution in [0.1, 0.15) is 26.2 Å². The van der Waals surface area contributed by atoms with Gasteiger partial charge in [0, 0.05) is 19.4 Å². The van der Waals surface area contributed by atoms with Gasteiger partial charge >= 0.3 is 0 Å². The van der Waals surface area contributed by atoms with Crippen LogP contribution in [0.2, 0.25) is 0 Å². The molecule has 4 heteroatoms. The van der Waals surface area contributed by atoms with Crippen LogP contribution in [-0.2, 0) is 4.79 Å². The van der Waals surface area contributed by atoms with Crippen molar-refractivity contribution >= 4 is 5.78 Å². The van der Waals surface area contributed by atoms with Crippen molar-refractivity contribution in [1.29, 1.82) is 0 Å². The summed E-state index contributed by atoms with van der Waals surface area (Å²) in [6.07, 6.45) is -1.03. The fourth-order valence-corrected chi connectivity index (χ4v) is 0.800. The summed E-state index contributed by atoms with van der Waals surface area (Å²) in [6.45, 7) is 1.32. The zero-order valence-corrected chi connectivity index (χ0v) is 7.23. The summed E-state index contributed by atoms with van der Waals surface area (Å²) in [5, 5.41) is 26.3. The van der Waals surface area contributed by atoms with E-state index in [0.29, 0.717) is 0 Å². The molecule has 3 N–H and O–H groups in total. The van der Waals surface area contributed by atoms with Crippen LogP contribution in [0.5, 0.6) is 0 Å². The van der Waals surface area contributed by atoms with Crippen LogP contribution in [0.25, 0.3) is 0 Å². The number of aliphatic hydroxyl groups is 3. The van der Waals surface area contributed by atoms with Crippen molar-refractivity contribution in [3.8, 4) is 0 Å². The second-order valence-corrected chi connectivity index (χ2v) is 2.86. The first-order valence-electron chi connectivity index (χ1n) is 4.06. The lowest BCUT2D eigenvalue weighted by Crippen LogP contribution is -2.23. The van der Waals surface area contributed by atoms with Gasteiger partial charge in [0.1, 0.15) is 5.78 Å². The molecule has 4 nitrogen and oxygen atoms in total. The number of hydrogen-bond acceptors (Lipinski definition) is 4. The van der Waals surface area contributed by atoms with Crippen LogP contribution >= 0.6 is 0 Å². The van der Waals surface area contributed by atoms with Gasteiger partial charge in [-0.15, -0.1) is 0 Å². The van der Waals surface area contributed by atoms with E-state index >= 15 is 0 Å². The maximum atomic E-state index is 10.8. The Kier molecular flexibility index (Phi) is 5.88. The number of carbonyl (C=O) groups is 1. The lowest BCUT2D eigenvalue weighted by Gasteiger charge is -2.11. The van der Waals surface area contributed by atoms with E-state index in [1.807, 2.05) is 0 Å². The highest BCUT2D eigenvalue weighted by Gasteiger charge is 2.12. The van der Waals surface area contributed by atoms with Crippen molar-refractivity contribution in [2.24, 2.45) is 0 Å². The maximum absolute atomic E-state index is 10.8. The Balaban J connectivity index is 3.47. The van der Waals surface area contributed by atoms with Crippen LogP contribution in [0.15, 0.2) is 0 Å². The number of ketones is 1. The number of Topliss-reactive ketones (excluding diaryl/α,β-unsaturated/α-hetero) is 1. The molecule has 72 valence electrons. The van der Waals surface area contributed by atoms with Crippen LogP contribution in [-0.4, -0.2) is 39.9 Å². The van der Waals surface area contributed by atoms with E-state index in [9.17, 15) is 4.79 Å². The maximum Gasteiger partial charge on any atom is 0.135 e. The first kappa shape index (κ1) is 11.6. The molecule has 0 heterocycles. The number of carbonyl (C=O) groups excluding carboxylic acids is 1. The summed E-state index contributed by atoms with van der Waals surface area (Å²) in [5.74, 6) is -0.0859. The molecule has 0 fully saturated rings. The molecule has 0 spiro atoms. The van der Waals surface area contributed by atoms with Gasteiger partial charge in [-0.25, -0.2) is 0 Å². The summed E-state index contributed by atoms with van der Waals surface area (Å²) >= 11 is 0. The van der Waals surface area contributed by atoms with Crippen LogP contribution in [0.4, 0.5) is 0 Å². The van der Waals surface area contributed by atoms with Crippen molar-refractivity contribution in [2.45, 2.75) is 38.4 Å². The Labute approximate surface area is 71.8 Å². The third kappa shape index (κ3) is 5.23. The van der Waals surface area contributed by atoms with Gasteiger partial charge in [-0.1, -0.05) is 0 Å². The minimum absolute atomic E-state index is 0.0859. The molecule has 0 aliphatic heterocycles. The fraction of sp³-hybridized carbons (Fsp3) is 0.875. The van der Waals surface area contributed by atoms with Gasteiger partial charge in [-0.3, -0.25) is 4.79 Å². The highest BCUT2D eigenvalue weighted by atomic mass is 16.3. The second kappa shape index (κ2) is 6.11. The molecule has 0 aromatic heterocycles. The smallest absolute Gasteiger partial charge is 0.135 e. The topological polar surface area (TPSA) is 77.8 Å². The molecule has 0 saturated heterocycles. The molecule has 0 bridgehead atoms. The van der Waals surface area contributed by atoms with Crippen molar-refractivity contribution in [1.82, 2.24) is 0 Å². The average Bonchev–Trinajstić information content (AvgIpc) is 2.00. The quantitative estimate of drug-likeness (QED) is 0.508. The third-order valence-corrected chi connectivity index (χ3v) is 1.67. The van der Waals surface area contributed by atoms with Gasteiger partial charge in [0.05, 0.1) is 12.2 Å². The fourth-order valence-electron chi connectivity index (χ4n) is 0.800. The summed E-state index contributed by atoms with van der Waals surface area (Å²) < 4.78 is 0. The molecule has 2 unspecified atom stereocenters. The van der Waals surface area contributed by atoms with E-state index in [0.717, 1.165) is 0 Å². The first-order chi connectivity index (χ1) is 5.57. The van der Waals surface area contributed by atoms with E-state index in [4.69, 9.17) is 15.3 Å². The summed E-state index contributed by atoms with van der Waals surface area (Å²) in [7, 11) is 0. The number of hydrogen-bond donors (Lipinski definition) is 3. The Morgan fingerprint density at radius 2 is 1.92 bits per heavy atom. The average molecular weight is 176 g/mol. The van der Waals surface area contributed by atoms with Crippen molar-refractivity contribution < 1.29 is 20.1 Å². The highest BCUT2D eigenvalue weighted by molar-refractivity contribution is 5.78. The van der Waals surface area contributed by atoms with E-state index in [1.165, 1.54) is 6.92 Å². The zero-order chi connectivity index (χ0) is 9.56. The molecule has 0 aromatic carbocycles. The number of aliphatic hydroxyl groups excluding tert-OH is 3. The lowest BCUT2D eigenvalue weighted by molar-refractivity contribution is -0.120. The predicted octanol–water partition coefficient (Wildman–Crippen LogP) is -0.540. The van der Waals surface area contributed by atoms with Crippen LogP contribution in [0.3, 0.4) is 0 Å². The van der Waals surface area contributed by atoms with Gasteiger partial charge in [0.15, 0.2) is 0 Å². The van der Waals surface area contributed by atoms with Gasteiger partial charge in [-0.05, 0) is 13.3 Å². The molecule has 0 aromatic rings. The molecule has 12 heavy (non-hydrogen) atoms. The minimum Gasteiger partial charge on any atom is -0.396 e. The molecule has 2 atom stereocenters. The largest absolute Gasteiger partial charge is 0.396 e. The Hall–Kier alpha value is -0.450. The monoisotopic (exact) mass is 176 g/mol. The van der Waals surface area contributed by atoms with Gasteiger partial charge in [0.25, 0.3) is 0 Å². The lowest BCUT2D eigenvalue weighted by atomic mass is 10.1. The minimum atomic E-state index is -0.840. The van der Waals surface area contributed by atoms with Crippen molar-refractivity contribution in [3.05, 3.63) is 0 Å². The van der Waals surface area contributed by atoms with Crippen LogP contribution in [0, 0.1) is 0 Å². The Morgan fingerprint density at radius 1 is 1.33 bits per heavy atom. The molecule has 0 saturated carbocycles. The molecule has 0 aliphatic rings. The van der Waals surface area contributed by atoms with E-state index in [2.05, 4.69) is 0 Å². The third-order valence-electron chi connectivity index (χ3n) is 1.67. The molecular formula is C8H16O4. The second-order valence-electron chi connectivity index (χ2n) is 2.86. The summed E-state index contributed by atoms with van der Waals surface area (Å²) in [4.78, 5) is 10.8.